The summed E-state index contributed by atoms with van der Waals surface area (Å²) >= 11 is 0. The summed E-state index contributed by atoms with van der Waals surface area (Å²) in [5.41, 5.74) is 5.51. The van der Waals surface area contributed by atoms with Crippen molar-refractivity contribution in [2.24, 2.45) is 10.9 Å². The van der Waals surface area contributed by atoms with Gasteiger partial charge in [0, 0.05) is 6.07 Å². The van der Waals surface area contributed by atoms with Gasteiger partial charge < -0.3 is 15.7 Å². The van der Waals surface area contributed by atoms with Gasteiger partial charge in [-0.3, -0.25) is 0 Å². The Labute approximate surface area is 107 Å². The summed E-state index contributed by atoms with van der Waals surface area (Å²) in [5.74, 6) is -2.66. The lowest BCUT2D eigenvalue weighted by molar-refractivity contribution is 0.318. The Bertz CT molecular complexity index is 632. The van der Waals surface area contributed by atoms with E-state index in [4.69, 9.17) is 15.7 Å². The Morgan fingerprint density at radius 1 is 1.21 bits per heavy atom. The fourth-order valence-corrected chi connectivity index (χ4v) is 1.34. The molecule has 2 rings (SSSR count). The summed E-state index contributed by atoms with van der Waals surface area (Å²) < 4.78 is 31.5. The molecule has 0 saturated carbocycles. The molecule has 5 nitrogen and oxygen atoms in total. The topological polar surface area (TPSA) is 80.7 Å². The fraction of sp³-hybridized carbons (Fsp3) is 0. The van der Waals surface area contributed by atoms with Crippen LogP contribution in [0.5, 0.6) is 11.6 Å². The molecule has 1 aromatic carbocycles. The van der Waals surface area contributed by atoms with Crippen LogP contribution in [0.2, 0.25) is 0 Å². The van der Waals surface area contributed by atoms with Crippen LogP contribution in [-0.2, 0) is 0 Å². The molecule has 7 heteroatoms. The van der Waals surface area contributed by atoms with Crippen molar-refractivity contribution in [1.82, 2.24) is 4.98 Å². The van der Waals surface area contributed by atoms with Gasteiger partial charge in [0.05, 0.1) is 0 Å². The molecule has 0 bridgehead atoms. The number of oxime groups is 1. The highest BCUT2D eigenvalue weighted by Crippen LogP contribution is 2.24. The van der Waals surface area contributed by atoms with Crippen LogP contribution in [0, 0.1) is 11.6 Å². The van der Waals surface area contributed by atoms with Crippen molar-refractivity contribution in [3.8, 4) is 11.6 Å². The molecule has 1 heterocycles. The predicted octanol–water partition coefficient (Wildman–Crippen LogP) is 2.25. The zero-order valence-corrected chi connectivity index (χ0v) is 9.55. The van der Waals surface area contributed by atoms with Gasteiger partial charge in [0.1, 0.15) is 5.69 Å². The summed E-state index contributed by atoms with van der Waals surface area (Å²) in [7, 11) is 0. The maximum atomic E-state index is 13.4. The van der Waals surface area contributed by atoms with E-state index >= 15 is 0 Å². The van der Waals surface area contributed by atoms with Gasteiger partial charge in [0.25, 0.3) is 0 Å². The van der Waals surface area contributed by atoms with E-state index in [0.29, 0.717) is 0 Å². The molecule has 98 valence electrons. The van der Waals surface area contributed by atoms with Crippen molar-refractivity contribution in [1.29, 1.82) is 0 Å². The molecule has 0 saturated heterocycles. The van der Waals surface area contributed by atoms with Crippen LogP contribution in [0.15, 0.2) is 41.6 Å². The predicted molar refractivity (Wildman–Crippen MR) is 63.2 cm³/mol. The standard InChI is InChI=1S/C12H9F2N3O2/c13-7-3-1-5-9(11(7)14)19-10-6-2-4-8(16-10)12(15)17-18/h1-6,18H,(H2,15,17). The maximum absolute atomic E-state index is 13.4. The number of nitrogens with two attached hydrogens (primary N) is 1. The summed E-state index contributed by atoms with van der Waals surface area (Å²) in [4.78, 5) is 3.88. The average Bonchev–Trinajstić information content (AvgIpc) is 2.43. The third-order valence-corrected chi connectivity index (χ3v) is 2.22. The minimum absolute atomic E-state index is 0.00593. The third kappa shape index (κ3) is 2.76. The highest BCUT2D eigenvalue weighted by Gasteiger charge is 2.11. The number of nitrogens with zero attached hydrogens (tertiary/aromatic N) is 2. The van der Waals surface area contributed by atoms with Gasteiger partial charge in [-0.05, 0) is 18.2 Å². The SMILES string of the molecule is NC(=NO)c1cccc(Oc2cccc(F)c2F)n1. The molecular weight excluding hydrogens is 256 g/mol. The van der Waals surface area contributed by atoms with Gasteiger partial charge in [-0.2, -0.15) is 4.39 Å². The third-order valence-electron chi connectivity index (χ3n) is 2.22. The Hall–Kier alpha value is -2.70. The lowest BCUT2D eigenvalue weighted by Gasteiger charge is -2.07. The van der Waals surface area contributed by atoms with Gasteiger partial charge in [-0.15, -0.1) is 0 Å². The number of aromatic nitrogens is 1. The molecule has 1 aromatic heterocycles. The minimum Gasteiger partial charge on any atom is -0.436 e. The Morgan fingerprint density at radius 2 is 1.95 bits per heavy atom. The zero-order valence-electron chi connectivity index (χ0n) is 9.55. The first kappa shape index (κ1) is 12.7. The van der Waals surface area contributed by atoms with Gasteiger partial charge in [-0.1, -0.05) is 17.3 Å². The Morgan fingerprint density at radius 3 is 2.68 bits per heavy atom. The van der Waals surface area contributed by atoms with Gasteiger partial charge in [0.2, 0.25) is 11.7 Å². The number of benzene rings is 1. The monoisotopic (exact) mass is 265 g/mol. The van der Waals surface area contributed by atoms with Crippen LogP contribution in [0.25, 0.3) is 0 Å². The van der Waals surface area contributed by atoms with E-state index in [-0.39, 0.29) is 23.2 Å². The van der Waals surface area contributed by atoms with E-state index in [1.54, 1.807) is 0 Å². The molecule has 0 fully saturated rings. The number of hydrogen-bond donors (Lipinski definition) is 2. The van der Waals surface area contributed by atoms with Crippen molar-refractivity contribution in [2.75, 3.05) is 0 Å². The number of pyridine rings is 1. The van der Waals surface area contributed by atoms with E-state index in [9.17, 15) is 8.78 Å². The van der Waals surface area contributed by atoms with Crippen LogP contribution in [0.1, 0.15) is 5.69 Å². The number of ether oxygens (including phenoxy) is 1. The Kier molecular flexibility index (Phi) is 3.56. The maximum Gasteiger partial charge on any atom is 0.220 e. The molecule has 3 N–H and O–H groups in total. The summed E-state index contributed by atoms with van der Waals surface area (Å²) in [5, 5.41) is 11.3. The van der Waals surface area contributed by atoms with E-state index in [1.165, 1.54) is 30.3 Å². The highest BCUT2D eigenvalue weighted by molar-refractivity contribution is 5.95. The largest absolute Gasteiger partial charge is 0.436 e. The molecule has 0 radical (unpaired) electrons. The molecule has 0 aliphatic heterocycles. The zero-order chi connectivity index (χ0) is 13.8. The molecule has 0 aliphatic carbocycles. The molecule has 19 heavy (non-hydrogen) atoms. The minimum atomic E-state index is -1.11. The molecule has 2 aromatic rings. The quantitative estimate of drug-likeness (QED) is 0.386. The van der Waals surface area contributed by atoms with Crippen LogP contribution in [0.3, 0.4) is 0 Å². The van der Waals surface area contributed by atoms with Crippen LogP contribution < -0.4 is 10.5 Å². The van der Waals surface area contributed by atoms with Gasteiger partial charge in [-0.25, -0.2) is 9.37 Å². The number of rotatable bonds is 3. The molecule has 0 aliphatic rings. The average molecular weight is 265 g/mol. The van der Waals surface area contributed by atoms with E-state index < -0.39 is 11.6 Å². The first-order chi connectivity index (χ1) is 9.11. The van der Waals surface area contributed by atoms with Crippen LogP contribution in [-0.4, -0.2) is 16.0 Å². The van der Waals surface area contributed by atoms with Gasteiger partial charge >= 0.3 is 0 Å². The van der Waals surface area contributed by atoms with Crippen molar-refractivity contribution in [3.05, 3.63) is 53.7 Å². The van der Waals surface area contributed by atoms with E-state index in [1.807, 2.05) is 0 Å². The summed E-state index contributed by atoms with van der Waals surface area (Å²) in [6, 6.07) is 7.97. The smallest absolute Gasteiger partial charge is 0.220 e. The molecule has 0 unspecified atom stereocenters. The number of halogens is 2. The number of amidine groups is 1. The second kappa shape index (κ2) is 5.30. The fourth-order valence-electron chi connectivity index (χ4n) is 1.34. The molecule has 0 spiro atoms. The Balaban J connectivity index is 2.31. The molecular formula is C12H9F2N3O2. The van der Waals surface area contributed by atoms with Gasteiger partial charge in [0.15, 0.2) is 17.4 Å². The van der Waals surface area contributed by atoms with E-state index in [2.05, 4.69) is 10.1 Å². The van der Waals surface area contributed by atoms with Crippen LogP contribution >= 0.6 is 0 Å². The normalized spacial score (nSPS) is 11.4. The summed E-state index contributed by atoms with van der Waals surface area (Å²) in [6.45, 7) is 0. The second-order valence-corrected chi connectivity index (χ2v) is 3.50. The van der Waals surface area contributed by atoms with Crippen molar-refractivity contribution in [2.45, 2.75) is 0 Å². The second-order valence-electron chi connectivity index (χ2n) is 3.50. The summed E-state index contributed by atoms with van der Waals surface area (Å²) in [6.07, 6.45) is 0. The van der Waals surface area contributed by atoms with Crippen molar-refractivity contribution < 1.29 is 18.7 Å². The first-order valence-electron chi connectivity index (χ1n) is 5.18. The van der Waals surface area contributed by atoms with Crippen LogP contribution in [0.4, 0.5) is 8.78 Å². The number of hydrogen-bond acceptors (Lipinski definition) is 4. The first-order valence-corrected chi connectivity index (χ1v) is 5.18. The molecule has 0 amide bonds. The highest BCUT2D eigenvalue weighted by atomic mass is 19.2. The lowest BCUT2D eigenvalue weighted by Crippen LogP contribution is -2.14. The van der Waals surface area contributed by atoms with Crippen molar-refractivity contribution >= 4 is 5.84 Å². The molecule has 0 atom stereocenters. The van der Waals surface area contributed by atoms with E-state index in [0.717, 1.165) is 6.07 Å². The van der Waals surface area contributed by atoms with Crippen molar-refractivity contribution in [3.63, 3.8) is 0 Å². The lowest BCUT2D eigenvalue weighted by atomic mass is 10.3.